The summed E-state index contributed by atoms with van der Waals surface area (Å²) in [4.78, 5) is 2.45. The molecule has 2 aliphatic rings. The highest BCUT2D eigenvalue weighted by atomic mass is 19.1. The van der Waals surface area contributed by atoms with Crippen molar-refractivity contribution >= 4 is 5.69 Å². The summed E-state index contributed by atoms with van der Waals surface area (Å²) < 4.78 is 13.5. The van der Waals surface area contributed by atoms with Crippen LogP contribution in [0.2, 0.25) is 0 Å². The maximum absolute atomic E-state index is 13.5. The summed E-state index contributed by atoms with van der Waals surface area (Å²) in [7, 11) is 0. The smallest absolute Gasteiger partial charge is 0.125 e. The van der Waals surface area contributed by atoms with Gasteiger partial charge in [0.15, 0.2) is 0 Å². The topological polar surface area (TPSA) is 15.3 Å². The lowest BCUT2D eigenvalue weighted by molar-refractivity contribution is 0.234. The summed E-state index contributed by atoms with van der Waals surface area (Å²) >= 11 is 0. The zero-order valence-corrected chi connectivity index (χ0v) is 12.5. The Bertz CT molecular complexity index is 472. The molecule has 2 atom stereocenters. The first-order chi connectivity index (χ1) is 9.65. The van der Waals surface area contributed by atoms with Gasteiger partial charge in [-0.3, -0.25) is 0 Å². The van der Waals surface area contributed by atoms with E-state index in [0.29, 0.717) is 12.0 Å². The highest BCUT2D eigenvalue weighted by Gasteiger charge is 2.37. The van der Waals surface area contributed by atoms with E-state index >= 15 is 0 Å². The highest BCUT2D eigenvalue weighted by molar-refractivity contribution is 5.59. The molecule has 0 radical (unpaired) electrons. The Hall–Kier alpha value is -1.09. The number of nitrogens with one attached hydrogen (secondary N) is 1. The van der Waals surface area contributed by atoms with Crippen molar-refractivity contribution in [1.82, 2.24) is 5.32 Å². The quantitative estimate of drug-likeness (QED) is 0.888. The number of hydrogen-bond acceptors (Lipinski definition) is 2. The molecule has 20 heavy (non-hydrogen) atoms. The largest absolute Gasteiger partial charge is 0.368 e. The second-order valence-electron chi connectivity index (χ2n) is 6.67. The standard InChI is InChI=1S/C17H25FN2/c1-12(2)10-19-11-14-4-6-16(14)20-8-7-13-3-5-15(18)9-17(13)20/h3,5,9,12,14,16,19H,4,6-8,10-11H2,1-2H3. The van der Waals surface area contributed by atoms with Crippen LogP contribution in [0, 0.1) is 17.7 Å². The fraction of sp³-hybridized carbons (Fsp3) is 0.647. The van der Waals surface area contributed by atoms with Gasteiger partial charge >= 0.3 is 0 Å². The molecule has 2 nitrogen and oxygen atoms in total. The minimum Gasteiger partial charge on any atom is -0.368 e. The summed E-state index contributed by atoms with van der Waals surface area (Å²) in [6.45, 7) is 7.73. The molecule has 3 heteroatoms. The summed E-state index contributed by atoms with van der Waals surface area (Å²) in [6, 6.07) is 5.87. The van der Waals surface area contributed by atoms with Crippen LogP contribution in [0.15, 0.2) is 18.2 Å². The summed E-state index contributed by atoms with van der Waals surface area (Å²) in [5.74, 6) is 1.32. The normalized spacial score (nSPS) is 24.9. The van der Waals surface area contributed by atoms with Crippen LogP contribution in [0.1, 0.15) is 32.3 Å². The van der Waals surface area contributed by atoms with E-state index < -0.39 is 0 Å². The Balaban J connectivity index is 1.62. The molecule has 0 amide bonds. The van der Waals surface area contributed by atoms with Gasteiger partial charge in [-0.2, -0.15) is 0 Å². The Labute approximate surface area is 121 Å². The molecule has 0 bridgehead atoms. The first-order valence-corrected chi connectivity index (χ1v) is 7.91. The number of halogens is 1. The molecular formula is C17H25FN2. The first kappa shape index (κ1) is 13.9. The SMILES string of the molecule is CC(C)CNCC1CCC1N1CCc2ccc(F)cc21. The molecule has 1 aliphatic carbocycles. The second-order valence-corrected chi connectivity index (χ2v) is 6.67. The molecule has 1 heterocycles. The van der Waals surface area contributed by atoms with Crippen LogP contribution in [0.3, 0.4) is 0 Å². The van der Waals surface area contributed by atoms with Gasteiger partial charge in [-0.1, -0.05) is 19.9 Å². The van der Waals surface area contributed by atoms with Crippen LogP contribution in [0.5, 0.6) is 0 Å². The van der Waals surface area contributed by atoms with E-state index in [1.54, 1.807) is 12.1 Å². The molecule has 1 aromatic carbocycles. The molecule has 1 fully saturated rings. The van der Waals surface area contributed by atoms with Crippen molar-refractivity contribution in [2.75, 3.05) is 24.5 Å². The van der Waals surface area contributed by atoms with Crippen molar-refractivity contribution in [2.45, 2.75) is 39.2 Å². The maximum atomic E-state index is 13.5. The molecule has 110 valence electrons. The van der Waals surface area contributed by atoms with Gasteiger partial charge in [0.25, 0.3) is 0 Å². The van der Waals surface area contributed by atoms with Gasteiger partial charge in [0.1, 0.15) is 5.82 Å². The Morgan fingerprint density at radius 2 is 2.20 bits per heavy atom. The summed E-state index contributed by atoms with van der Waals surface area (Å²) in [5, 5.41) is 3.57. The molecule has 0 aromatic heterocycles. The molecule has 1 aromatic rings. The van der Waals surface area contributed by atoms with Gasteiger partial charge in [-0.25, -0.2) is 4.39 Å². The van der Waals surface area contributed by atoms with Gasteiger partial charge in [0.05, 0.1) is 0 Å². The number of fused-ring (bicyclic) bond motifs is 1. The van der Waals surface area contributed by atoms with Crippen molar-refractivity contribution in [2.24, 2.45) is 11.8 Å². The number of benzene rings is 1. The van der Waals surface area contributed by atoms with E-state index in [1.165, 1.54) is 18.4 Å². The Kier molecular flexibility index (Phi) is 3.97. The minimum atomic E-state index is -0.107. The minimum absolute atomic E-state index is 0.107. The third kappa shape index (κ3) is 2.69. The van der Waals surface area contributed by atoms with Gasteiger partial charge in [0.2, 0.25) is 0 Å². The Morgan fingerprint density at radius 1 is 1.35 bits per heavy atom. The number of nitrogens with zero attached hydrogens (tertiary/aromatic N) is 1. The van der Waals surface area contributed by atoms with Crippen LogP contribution in [-0.2, 0) is 6.42 Å². The maximum Gasteiger partial charge on any atom is 0.125 e. The van der Waals surface area contributed by atoms with Crippen molar-refractivity contribution in [3.05, 3.63) is 29.6 Å². The van der Waals surface area contributed by atoms with Gasteiger partial charge in [-0.05, 0) is 61.9 Å². The van der Waals surface area contributed by atoms with E-state index in [2.05, 4.69) is 24.1 Å². The van der Waals surface area contributed by atoms with Crippen molar-refractivity contribution < 1.29 is 4.39 Å². The molecule has 2 unspecified atom stereocenters. The fourth-order valence-electron chi connectivity index (χ4n) is 3.48. The van der Waals surface area contributed by atoms with Crippen LogP contribution in [-0.4, -0.2) is 25.7 Å². The lowest BCUT2D eigenvalue weighted by atomic mass is 9.78. The average Bonchev–Trinajstić information content (AvgIpc) is 2.76. The third-order valence-electron chi connectivity index (χ3n) is 4.72. The van der Waals surface area contributed by atoms with E-state index in [1.807, 2.05) is 6.07 Å². The van der Waals surface area contributed by atoms with Crippen LogP contribution >= 0.6 is 0 Å². The number of hydrogen-bond donors (Lipinski definition) is 1. The molecule has 1 saturated carbocycles. The second kappa shape index (κ2) is 5.72. The van der Waals surface area contributed by atoms with Crippen LogP contribution < -0.4 is 10.2 Å². The predicted octanol–water partition coefficient (Wildman–Crippen LogP) is 3.21. The summed E-state index contributed by atoms with van der Waals surface area (Å²) in [6.07, 6.45) is 3.62. The fourth-order valence-corrected chi connectivity index (χ4v) is 3.48. The molecule has 0 saturated heterocycles. The molecule has 3 rings (SSSR count). The number of rotatable bonds is 5. The zero-order chi connectivity index (χ0) is 14.1. The van der Waals surface area contributed by atoms with Crippen molar-refractivity contribution in [3.63, 3.8) is 0 Å². The van der Waals surface area contributed by atoms with Gasteiger partial charge in [-0.15, -0.1) is 0 Å². The van der Waals surface area contributed by atoms with E-state index in [-0.39, 0.29) is 5.82 Å². The molecule has 0 spiro atoms. The molecular weight excluding hydrogens is 251 g/mol. The average molecular weight is 276 g/mol. The van der Waals surface area contributed by atoms with E-state index in [9.17, 15) is 4.39 Å². The lowest BCUT2D eigenvalue weighted by Crippen LogP contribution is -2.50. The Morgan fingerprint density at radius 3 is 2.90 bits per heavy atom. The zero-order valence-electron chi connectivity index (χ0n) is 12.5. The van der Waals surface area contributed by atoms with Crippen LogP contribution in [0.4, 0.5) is 10.1 Å². The molecule has 1 aliphatic heterocycles. The van der Waals surface area contributed by atoms with Crippen molar-refractivity contribution in [1.29, 1.82) is 0 Å². The number of anilines is 1. The summed E-state index contributed by atoms with van der Waals surface area (Å²) in [5.41, 5.74) is 2.45. The van der Waals surface area contributed by atoms with E-state index in [4.69, 9.17) is 0 Å². The first-order valence-electron chi connectivity index (χ1n) is 7.91. The lowest BCUT2D eigenvalue weighted by Gasteiger charge is -2.44. The van der Waals surface area contributed by atoms with E-state index in [0.717, 1.165) is 37.7 Å². The van der Waals surface area contributed by atoms with Crippen LogP contribution in [0.25, 0.3) is 0 Å². The van der Waals surface area contributed by atoms with Crippen molar-refractivity contribution in [3.8, 4) is 0 Å². The predicted molar refractivity (Wildman–Crippen MR) is 81.7 cm³/mol. The molecule has 1 N–H and O–H groups in total. The van der Waals surface area contributed by atoms with Gasteiger partial charge < -0.3 is 10.2 Å². The van der Waals surface area contributed by atoms with Gasteiger partial charge in [0, 0.05) is 18.3 Å². The highest BCUT2D eigenvalue weighted by Crippen LogP contribution is 2.39. The third-order valence-corrected chi connectivity index (χ3v) is 4.72. The monoisotopic (exact) mass is 276 g/mol.